The summed E-state index contributed by atoms with van der Waals surface area (Å²) in [4.78, 5) is 37.8. The molecule has 2 unspecified atom stereocenters. The predicted molar refractivity (Wildman–Crippen MR) is 121 cm³/mol. The number of allylic oxidation sites excluding steroid dienone is 3. The fourth-order valence-electron chi connectivity index (χ4n) is 5.66. The van der Waals surface area contributed by atoms with Crippen molar-refractivity contribution in [2.75, 3.05) is 5.32 Å². The van der Waals surface area contributed by atoms with E-state index in [1.54, 1.807) is 0 Å². The summed E-state index contributed by atoms with van der Waals surface area (Å²) in [5, 5.41) is 3.37. The average Bonchev–Trinajstić information content (AvgIpc) is 3.12. The first-order valence-corrected chi connectivity index (χ1v) is 11.3. The minimum Gasteiger partial charge on any atom is -0.460 e. The Labute approximate surface area is 189 Å². The molecule has 32 heavy (non-hydrogen) atoms. The Morgan fingerprint density at radius 1 is 1.19 bits per heavy atom. The maximum atomic E-state index is 13.5. The number of fused-ring (bicyclic) bond motifs is 1. The van der Waals surface area contributed by atoms with Crippen LogP contribution in [0.3, 0.4) is 0 Å². The number of ketones is 1. The molecule has 0 radical (unpaired) electrons. The van der Waals surface area contributed by atoms with E-state index < -0.39 is 23.1 Å². The van der Waals surface area contributed by atoms with E-state index >= 15 is 0 Å². The van der Waals surface area contributed by atoms with E-state index in [-0.39, 0.29) is 36.6 Å². The maximum absolute atomic E-state index is 13.5. The summed E-state index contributed by atoms with van der Waals surface area (Å²) in [6.07, 6.45) is 5.47. The minimum absolute atomic E-state index is 0.00136. The second-order valence-corrected chi connectivity index (χ2v) is 9.52. The van der Waals surface area contributed by atoms with Crippen molar-refractivity contribution >= 4 is 23.4 Å². The Bertz CT molecular complexity index is 993. The molecule has 3 fully saturated rings. The predicted octanol–water partition coefficient (Wildman–Crippen LogP) is 4.37. The number of benzene rings is 1. The molecule has 1 heterocycles. The van der Waals surface area contributed by atoms with Crippen LogP contribution in [-0.2, 0) is 23.9 Å². The van der Waals surface area contributed by atoms with Gasteiger partial charge >= 0.3 is 11.9 Å². The molecule has 6 heteroatoms. The number of rotatable bonds is 7. The van der Waals surface area contributed by atoms with Crippen molar-refractivity contribution in [1.82, 2.24) is 0 Å². The van der Waals surface area contributed by atoms with Crippen LogP contribution in [-0.4, -0.2) is 35.5 Å². The molecule has 0 amide bonds. The standard InChI is InChI=1S/C26H31NO5/c1-16(2)9-8-10-17(3)14-26-24-23(31-18(4)28)20(27-19-11-6-5-7-12-19)13-21(29)25(24,26)15-22(30)32-26/h5-7,9,11-12,14,20,23-24,27H,8,10,13,15H2,1-4H3/b17-14+/t20-,23-,24?,25?,26+/m1/s1. The summed E-state index contributed by atoms with van der Waals surface area (Å²) in [6.45, 7) is 7.50. The van der Waals surface area contributed by atoms with E-state index in [0.717, 1.165) is 24.1 Å². The van der Waals surface area contributed by atoms with Crippen LogP contribution in [0, 0.1) is 11.3 Å². The van der Waals surface area contributed by atoms with Crippen LogP contribution in [0.5, 0.6) is 0 Å². The van der Waals surface area contributed by atoms with Gasteiger partial charge in [0, 0.05) is 19.0 Å². The van der Waals surface area contributed by atoms with Gasteiger partial charge in [0.1, 0.15) is 11.9 Å². The molecule has 1 aromatic rings. The molecule has 3 aliphatic rings. The lowest BCUT2D eigenvalue weighted by atomic mass is 9.80. The molecule has 1 spiro atoms. The van der Waals surface area contributed by atoms with Crippen LogP contribution in [0.4, 0.5) is 5.69 Å². The molecule has 1 N–H and O–H groups in total. The zero-order valence-corrected chi connectivity index (χ0v) is 19.1. The molecule has 5 atom stereocenters. The van der Waals surface area contributed by atoms with Gasteiger partial charge < -0.3 is 14.8 Å². The van der Waals surface area contributed by atoms with Crippen LogP contribution in [0.25, 0.3) is 0 Å². The Balaban J connectivity index is 1.67. The molecule has 0 aromatic heterocycles. The molecule has 2 saturated carbocycles. The van der Waals surface area contributed by atoms with Crippen molar-refractivity contribution in [2.45, 2.75) is 71.1 Å². The van der Waals surface area contributed by atoms with Gasteiger partial charge in [-0.1, -0.05) is 35.4 Å². The monoisotopic (exact) mass is 437 g/mol. The van der Waals surface area contributed by atoms with Gasteiger partial charge in [0.2, 0.25) is 0 Å². The van der Waals surface area contributed by atoms with Crippen molar-refractivity contribution in [1.29, 1.82) is 0 Å². The molecule has 6 nitrogen and oxygen atoms in total. The summed E-state index contributed by atoms with van der Waals surface area (Å²) >= 11 is 0. The molecular weight excluding hydrogens is 406 g/mol. The zero-order valence-electron chi connectivity index (χ0n) is 19.1. The number of anilines is 1. The zero-order chi connectivity index (χ0) is 23.1. The molecule has 170 valence electrons. The first kappa shape index (κ1) is 22.3. The first-order chi connectivity index (χ1) is 15.2. The molecule has 1 saturated heterocycles. The number of esters is 2. The van der Waals surface area contributed by atoms with E-state index in [4.69, 9.17) is 9.47 Å². The highest BCUT2D eigenvalue weighted by Gasteiger charge is 2.90. The molecular formula is C26H31NO5. The summed E-state index contributed by atoms with van der Waals surface area (Å²) in [7, 11) is 0. The number of Topliss-reactive ketones (excluding diaryl/α,β-unsaturated/α-hetero) is 1. The summed E-state index contributed by atoms with van der Waals surface area (Å²) in [5.41, 5.74) is 1.21. The number of carbonyl (C=O) groups is 3. The third kappa shape index (κ3) is 3.65. The Morgan fingerprint density at radius 2 is 1.91 bits per heavy atom. The van der Waals surface area contributed by atoms with Gasteiger partial charge in [-0.3, -0.25) is 14.4 Å². The number of hydrogen-bond donors (Lipinski definition) is 1. The second kappa shape index (κ2) is 8.23. The quantitative estimate of drug-likeness (QED) is 0.504. The lowest BCUT2D eigenvalue weighted by Crippen LogP contribution is -2.47. The van der Waals surface area contributed by atoms with Crippen LogP contribution >= 0.6 is 0 Å². The SMILES string of the molecule is CC(=O)O[C@H]1C2C3(CC(=O)O[C@@]23/C=C(\C)CCC=C(C)C)C(=O)C[C@H]1Nc1ccccc1. The maximum Gasteiger partial charge on any atom is 0.307 e. The van der Waals surface area contributed by atoms with Crippen LogP contribution in [0.2, 0.25) is 0 Å². The summed E-state index contributed by atoms with van der Waals surface area (Å²) in [6, 6.07) is 9.17. The van der Waals surface area contributed by atoms with Gasteiger partial charge in [0.25, 0.3) is 0 Å². The first-order valence-electron chi connectivity index (χ1n) is 11.3. The van der Waals surface area contributed by atoms with Gasteiger partial charge in [-0.2, -0.15) is 0 Å². The van der Waals surface area contributed by atoms with Gasteiger partial charge in [-0.15, -0.1) is 0 Å². The number of ether oxygens (including phenoxy) is 2. The van der Waals surface area contributed by atoms with Crippen molar-refractivity contribution in [2.24, 2.45) is 11.3 Å². The van der Waals surface area contributed by atoms with E-state index in [9.17, 15) is 14.4 Å². The van der Waals surface area contributed by atoms with Crippen molar-refractivity contribution in [3.05, 3.63) is 53.6 Å². The Hall–Kier alpha value is -2.89. The van der Waals surface area contributed by atoms with E-state index in [2.05, 4.69) is 25.2 Å². The third-order valence-electron chi connectivity index (χ3n) is 6.92. The largest absolute Gasteiger partial charge is 0.460 e. The van der Waals surface area contributed by atoms with E-state index in [1.807, 2.05) is 43.3 Å². The van der Waals surface area contributed by atoms with Crippen molar-refractivity contribution in [3.8, 4) is 0 Å². The fourth-order valence-corrected chi connectivity index (χ4v) is 5.66. The highest BCUT2D eigenvalue weighted by atomic mass is 16.6. The molecule has 1 aliphatic heterocycles. The molecule has 4 rings (SSSR count). The third-order valence-corrected chi connectivity index (χ3v) is 6.92. The van der Waals surface area contributed by atoms with E-state index in [0.29, 0.717) is 0 Å². The second-order valence-electron chi connectivity index (χ2n) is 9.52. The Morgan fingerprint density at radius 3 is 2.56 bits per heavy atom. The highest BCUT2D eigenvalue weighted by molar-refractivity contribution is 6.00. The lowest BCUT2D eigenvalue weighted by molar-refractivity contribution is -0.156. The normalized spacial score (nSPS) is 33.0. The number of carbonyl (C=O) groups excluding carboxylic acids is 3. The highest BCUT2D eigenvalue weighted by Crippen LogP contribution is 2.75. The Kier molecular flexibility index (Phi) is 5.74. The van der Waals surface area contributed by atoms with Gasteiger partial charge in [0.15, 0.2) is 5.60 Å². The van der Waals surface area contributed by atoms with Gasteiger partial charge in [-0.05, 0) is 51.8 Å². The smallest absolute Gasteiger partial charge is 0.307 e. The molecule has 2 aliphatic carbocycles. The number of nitrogens with one attached hydrogen (secondary N) is 1. The number of hydrogen-bond acceptors (Lipinski definition) is 6. The van der Waals surface area contributed by atoms with Crippen LogP contribution in [0.15, 0.2) is 53.6 Å². The van der Waals surface area contributed by atoms with Crippen molar-refractivity contribution in [3.63, 3.8) is 0 Å². The lowest BCUT2D eigenvalue weighted by Gasteiger charge is -2.34. The molecule has 0 bridgehead atoms. The fraction of sp³-hybridized carbons (Fsp3) is 0.500. The van der Waals surface area contributed by atoms with Crippen LogP contribution < -0.4 is 5.32 Å². The minimum atomic E-state index is -1.02. The number of para-hydroxylation sites is 1. The average molecular weight is 438 g/mol. The topological polar surface area (TPSA) is 81.7 Å². The summed E-state index contributed by atoms with van der Waals surface area (Å²) < 4.78 is 11.6. The van der Waals surface area contributed by atoms with Gasteiger partial charge in [0.05, 0.1) is 23.8 Å². The van der Waals surface area contributed by atoms with E-state index in [1.165, 1.54) is 12.5 Å². The van der Waals surface area contributed by atoms with Gasteiger partial charge in [-0.25, -0.2) is 0 Å². The van der Waals surface area contributed by atoms with Crippen LogP contribution in [0.1, 0.15) is 53.4 Å². The molecule has 1 aromatic carbocycles. The van der Waals surface area contributed by atoms with Crippen molar-refractivity contribution < 1.29 is 23.9 Å². The summed E-state index contributed by atoms with van der Waals surface area (Å²) in [5.74, 6) is -1.15.